The molecule has 2 aromatic rings. The number of para-hydroxylation sites is 1. The monoisotopic (exact) mass is 280 g/mol. The second kappa shape index (κ2) is 6.31. The molecule has 0 aromatic heterocycles. The number of hydrogen-bond donors (Lipinski definition) is 1. The number of benzene rings is 2. The molecule has 110 valence electrons. The molecule has 0 aliphatic carbocycles. The van der Waals surface area contributed by atoms with Crippen LogP contribution in [0.2, 0.25) is 0 Å². The van der Waals surface area contributed by atoms with E-state index in [0.29, 0.717) is 18.6 Å². The van der Waals surface area contributed by atoms with Crippen molar-refractivity contribution in [2.24, 2.45) is 5.73 Å². The fraction of sp³-hybridized carbons (Fsp3) is 0.368. The molecular weight excluding hydrogens is 256 g/mol. The molecule has 2 N–H and O–H groups in total. The van der Waals surface area contributed by atoms with Gasteiger partial charge in [-0.05, 0) is 43.4 Å². The van der Waals surface area contributed by atoms with Crippen LogP contribution in [0.1, 0.15) is 24.5 Å². The molecule has 1 heterocycles. The molecule has 3 rings (SSSR count). The van der Waals surface area contributed by atoms with Crippen LogP contribution < -0.4 is 10.6 Å². The minimum atomic E-state index is 0.420. The van der Waals surface area contributed by atoms with Crippen LogP contribution in [0.5, 0.6) is 0 Å². The zero-order valence-corrected chi connectivity index (χ0v) is 12.7. The Morgan fingerprint density at radius 1 is 1.10 bits per heavy atom. The van der Waals surface area contributed by atoms with Gasteiger partial charge in [-0.1, -0.05) is 48.5 Å². The molecule has 0 saturated heterocycles. The fourth-order valence-electron chi connectivity index (χ4n) is 3.49. The van der Waals surface area contributed by atoms with Crippen molar-refractivity contribution >= 4 is 5.69 Å². The molecular formula is C19H24N2. The average molecular weight is 280 g/mol. The minimum absolute atomic E-state index is 0.420. The number of aryl methyl sites for hydroxylation is 1. The van der Waals surface area contributed by atoms with Crippen molar-refractivity contribution in [2.45, 2.75) is 38.3 Å². The standard InChI is InChI=1S/C19H24N2/c1-15-13-17-9-5-6-10-19(17)21(15)18(14-20)12-11-16-7-3-2-4-8-16/h2-10,15,18H,11-14,20H2,1H3. The first-order valence-electron chi connectivity index (χ1n) is 7.90. The molecule has 0 saturated carbocycles. The Kier molecular flexibility index (Phi) is 4.26. The Morgan fingerprint density at radius 3 is 2.57 bits per heavy atom. The van der Waals surface area contributed by atoms with Crippen LogP contribution in [-0.4, -0.2) is 18.6 Å². The molecule has 21 heavy (non-hydrogen) atoms. The molecule has 1 aliphatic heterocycles. The summed E-state index contributed by atoms with van der Waals surface area (Å²) >= 11 is 0. The van der Waals surface area contributed by atoms with Gasteiger partial charge in [0, 0.05) is 24.3 Å². The van der Waals surface area contributed by atoms with Crippen molar-refractivity contribution < 1.29 is 0 Å². The van der Waals surface area contributed by atoms with Crippen molar-refractivity contribution in [3.05, 3.63) is 65.7 Å². The summed E-state index contributed by atoms with van der Waals surface area (Å²) in [4.78, 5) is 2.54. The number of fused-ring (bicyclic) bond motifs is 1. The molecule has 0 bridgehead atoms. The van der Waals surface area contributed by atoms with E-state index >= 15 is 0 Å². The van der Waals surface area contributed by atoms with Crippen molar-refractivity contribution in [3.8, 4) is 0 Å². The molecule has 2 heteroatoms. The Morgan fingerprint density at radius 2 is 1.81 bits per heavy atom. The van der Waals surface area contributed by atoms with E-state index in [-0.39, 0.29) is 0 Å². The van der Waals surface area contributed by atoms with E-state index in [1.54, 1.807) is 0 Å². The van der Waals surface area contributed by atoms with Gasteiger partial charge in [0.1, 0.15) is 0 Å². The quantitative estimate of drug-likeness (QED) is 0.909. The van der Waals surface area contributed by atoms with Gasteiger partial charge in [0.05, 0.1) is 0 Å². The topological polar surface area (TPSA) is 29.3 Å². The molecule has 0 amide bonds. The summed E-state index contributed by atoms with van der Waals surface area (Å²) in [5.41, 5.74) is 10.3. The van der Waals surface area contributed by atoms with Gasteiger partial charge >= 0.3 is 0 Å². The van der Waals surface area contributed by atoms with Crippen LogP contribution >= 0.6 is 0 Å². The van der Waals surface area contributed by atoms with Gasteiger partial charge in [-0.15, -0.1) is 0 Å². The smallest absolute Gasteiger partial charge is 0.0418 e. The summed E-state index contributed by atoms with van der Waals surface area (Å²) in [6.07, 6.45) is 3.34. The summed E-state index contributed by atoms with van der Waals surface area (Å²) in [6, 6.07) is 20.4. The van der Waals surface area contributed by atoms with Crippen molar-refractivity contribution in [2.75, 3.05) is 11.4 Å². The van der Waals surface area contributed by atoms with E-state index < -0.39 is 0 Å². The van der Waals surface area contributed by atoms with E-state index in [4.69, 9.17) is 5.73 Å². The molecule has 2 aromatic carbocycles. The van der Waals surface area contributed by atoms with Gasteiger partial charge in [-0.3, -0.25) is 0 Å². The highest BCUT2D eigenvalue weighted by atomic mass is 15.2. The fourth-order valence-corrected chi connectivity index (χ4v) is 3.49. The van der Waals surface area contributed by atoms with Crippen LogP contribution in [0.15, 0.2) is 54.6 Å². The van der Waals surface area contributed by atoms with Crippen LogP contribution in [-0.2, 0) is 12.8 Å². The van der Waals surface area contributed by atoms with Gasteiger partial charge in [0.2, 0.25) is 0 Å². The highest BCUT2D eigenvalue weighted by molar-refractivity contribution is 5.60. The molecule has 0 radical (unpaired) electrons. The van der Waals surface area contributed by atoms with Crippen molar-refractivity contribution in [1.82, 2.24) is 0 Å². The molecule has 2 unspecified atom stereocenters. The third kappa shape index (κ3) is 2.96. The van der Waals surface area contributed by atoms with Crippen molar-refractivity contribution in [1.29, 1.82) is 0 Å². The van der Waals surface area contributed by atoms with Gasteiger partial charge in [0.15, 0.2) is 0 Å². The molecule has 1 aliphatic rings. The predicted octanol–water partition coefficient (Wildman–Crippen LogP) is 3.40. The normalized spacial score (nSPS) is 18.6. The minimum Gasteiger partial charge on any atom is -0.364 e. The first kappa shape index (κ1) is 14.2. The predicted molar refractivity (Wildman–Crippen MR) is 89.7 cm³/mol. The molecule has 2 atom stereocenters. The summed E-state index contributed by atoms with van der Waals surface area (Å²) in [6.45, 7) is 3.02. The lowest BCUT2D eigenvalue weighted by Gasteiger charge is -2.33. The maximum absolute atomic E-state index is 6.09. The Labute approximate surface area is 127 Å². The maximum atomic E-state index is 6.09. The van der Waals surface area contributed by atoms with Gasteiger partial charge in [-0.25, -0.2) is 0 Å². The van der Waals surface area contributed by atoms with E-state index in [9.17, 15) is 0 Å². The SMILES string of the molecule is CC1Cc2ccccc2N1C(CN)CCc1ccccc1. The molecule has 0 spiro atoms. The first-order chi connectivity index (χ1) is 10.3. The largest absolute Gasteiger partial charge is 0.364 e. The van der Waals surface area contributed by atoms with Crippen LogP contribution in [0.25, 0.3) is 0 Å². The van der Waals surface area contributed by atoms with Crippen LogP contribution in [0.4, 0.5) is 5.69 Å². The third-order valence-corrected chi connectivity index (χ3v) is 4.53. The average Bonchev–Trinajstić information content (AvgIpc) is 2.86. The lowest BCUT2D eigenvalue weighted by atomic mass is 10.0. The number of hydrogen-bond acceptors (Lipinski definition) is 2. The number of nitrogens with two attached hydrogens (primary N) is 1. The lowest BCUT2D eigenvalue weighted by Crippen LogP contribution is -2.44. The Bertz CT molecular complexity index is 579. The van der Waals surface area contributed by atoms with Crippen LogP contribution in [0.3, 0.4) is 0 Å². The summed E-state index contributed by atoms with van der Waals surface area (Å²) in [5, 5.41) is 0. The zero-order chi connectivity index (χ0) is 14.7. The highest BCUT2D eigenvalue weighted by Crippen LogP contribution is 2.34. The summed E-state index contributed by atoms with van der Waals surface area (Å²) in [7, 11) is 0. The molecule has 0 fully saturated rings. The zero-order valence-electron chi connectivity index (χ0n) is 12.7. The summed E-state index contributed by atoms with van der Waals surface area (Å²) in [5.74, 6) is 0. The van der Waals surface area contributed by atoms with Gasteiger partial charge in [0.25, 0.3) is 0 Å². The third-order valence-electron chi connectivity index (χ3n) is 4.53. The van der Waals surface area contributed by atoms with Gasteiger partial charge in [-0.2, -0.15) is 0 Å². The van der Waals surface area contributed by atoms with Crippen LogP contribution in [0, 0.1) is 0 Å². The van der Waals surface area contributed by atoms with Crippen molar-refractivity contribution in [3.63, 3.8) is 0 Å². The maximum Gasteiger partial charge on any atom is 0.0418 e. The van der Waals surface area contributed by atoms with E-state index in [0.717, 1.165) is 19.3 Å². The number of rotatable bonds is 5. The molecule has 2 nitrogen and oxygen atoms in total. The Balaban J connectivity index is 1.74. The van der Waals surface area contributed by atoms with E-state index in [1.807, 2.05) is 0 Å². The Hall–Kier alpha value is -1.80. The van der Waals surface area contributed by atoms with E-state index in [2.05, 4.69) is 66.4 Å². The highest BCUT2D eigenvalue weighted by Gasteiger charge is 2.30. The number of anilines is 1. The number of nitrogens with zero attached hydrogens (tertiary/aromatic N) is 1. The van der Waals surface area contributed by atoms with E-state index in [1.165, 1.54) is 16.8 Å². The second-order valence-corrected chi connectivity index (χ2v) is 6.00. The second-order valence-electron chi connectivity index (χ2n) is 6.00. The first-order valence-corrected chi connectivity index (χ1v) is 7.90. The van der Waals surface area contributed by atoms with Gasteiger partial charge < -0.3 is 10.6 Å². The summed E-state index contributed by atoms with van der Waals surface area (Å²) < 4.78 is 0. The lowest BCUT2D eigenvalue weighted by molar-refractivity contribution is 0.519.